The van der Waals surface area contributed by atoms with E-state index in [1.807, 2.05) is 11.8 Å². The Morgan fingerprint density at radius 2 is 2.26 bits per heavy atom. The van der Waals surface area contributed by atoms with Crippen LogP contribution in [0.25, 0.3) is 0 Å². The van der Waals surface area contributed by atoms with Crippen molar-refractivity contribution in [1.29, 1.82) is 0 Å². The highest BCUT2D eigenvalue weighted by Gasteiger charge is 2.30. The Morgan fingerprint density at radius 1 is 1.53 bits per heavy atom. The summed E-state index contributed by atoms with van der Waals surface area (Å²) in [5, 5.41) is 9.53. The largest absolute Gasteiger partial charge is 0.390 e. The van der Waals surface area contributed by atoms with E-state index in [4.69, 9.17) is 5.11 Å². The van der Waals surface area contributed by atoms with E-state index in [2.05, 4.69) is 6.92 Å². The molecule has 5 nitrogen and oxygen atoms in total. The summed E-state index contributed by atoms with van der Waals surface area (Å²) in [7, 11) is -1.69. The number of aromatic nitrogens is 1. The van der Waals surface area contributed by atoms with Crippen LogP contribution in [0.4, 0.5) is 0 Å². The fourth-order valence-corrected chi connectivity index (χ4v) is 5.15. The average Bonchev–Trinajstić information content (AvgIpc) is 2.80. The maximum atomic E-state index is 12.6. The molecule has 7 heteroatoms. The minimum Gasteiger partial charge on any atom is -0.390 e. The van der Waals surface area contributed by atoms with Gasteiger partial charge in [0.1, 0.15) is 4.90 Å². The molecule has 0 spiro atoms. The van der Waals surface area contributed by atoms with Gasteiger partial charge in [-0.3, -0.25) is 0 Å². The third kappa shape index (κ3) is 2.99. The zero-order chi connectivity index (χ0) is 14.0. The number of aryl methyl sites for hydroxylation is 1. The van der Waals surface area contributed by atoms with Gasteiger partial charge in [-0.25, -0.2) is 8.42 Å². The first-order valence-electron chi connectivity index (χ1n) is 6.37. The van der Waals surface area contributed by atoms with E-state index in [-0.39, 0.29) is 11.5 Å². The number of nitrogens with zero attached hydrogens (tertiary/aromatic N) is 2. The van der Waals surface area contributed by atoms with Crippen LogP contribution in [0, 0.1) is 0 Å². The molecule has 1 saturated heterocycles. The van der Waals surface area contributed by atoms with E-state index in [0.717, 1.165) is 12.2 Å². The van der Waals surface area contributed by atoms with Crippen molar-refractivity contribution in [3.8, 4) is 0 Å². The van der Waals surface area contributed by atoms with Crippen LogP contribution in [0.1, 0.15) is 19.0 Å². The third-order valence-corrected chi connectivity index (χ3v) is 6.64. The third-order valence-electron chi connectivity index (χ3n) is 3.44. The molecule has 1 aliphatic heterocycles. The lowest BCUT2D eigenvalue weighted by Gasteiger charge is -2.30. The molecular formula is C12H20N2O3S2. The van der Waals surface area contributed by atoms with Crippen LogP contribution in [0.5, 0.6) is 0 Å². The molecule has 19 heavy (non-hydrogen) atoms. The average molecular weight is 304 g/mol. The van der Waals surface area contributed by atoms with Crippen LogP contribution in [0.15, 0.2) is 17.2 Å². The zero-order valence-electron chi connectivity index (χ0n) is 11.2. The van der Waals surface area contributed by atoms with E-state index in [0.29, 0.717) is 24.0 Å². The molecule has 0 radical (unpaired) electrons. The van der Waals surface area contributed by atoms with Crippen LogP contribution in [0.3, 0.4) is 0 Å². The molecular weight excluding hydrogens is 284 g/mol. The van der Waals surface area contributed by atoms with Gasteiger partial charge in [0, 0.05) is 43.0 Å². The highest BCUT2D eigenvalue weighted by Crippen LogP contribution is 2.26. The van der Waals surface area contributed by atoms with Crippen LogP contribution in [-0.4, -0.2) is 46.5 Å². The minimum atomic E-state index is -3.43. The summed E-state index contributed by atoms with van der Waals surface area (Å²) < 4.78 is 28.3. The van der Waals surface area contributed by atoms with Crippen molar-refractivity contribution < 1.29 is 13.5 Å². The molecule has 108 valence electrons. The molecule has 1 fully saturated rings. The Balaban J connectivity index is 2.25. The van der Waals surface area contributed by atoms with Crippen molar-refractivity contribution in [2.45, 2.75) is 30.1 Å². The first kappa shape index (κ1) is 14.9. The topological polar surface area (TPSA) is 62.5 Å². The molecule has 0 amide bonds. The van der Waals surface area contributed by atoms with Gasteiger partial charge in [0.25, 0.3) is 0 Å². The van der Waals surface area contributed by atoms with Crippen LogP contribution >= 0.6 is 11.8 Å². The number of hydrogen-bond donors (Lipinski definition) is 1. The molecule has 2 heterocycles. The Labute approximate surface area is 118 Å². The summed E-state index contributed by atoms with van der Waals surface area (Å²) >= 11 is 1.84. The van der Waals surface area contributed by atoms with E-state index < -0.39 is 10.0 Å². The second-order valence-electron chi connectivity index (χ2n) is 4.70. The van der Waals surface area contributed by atoms with E-state index in [9.17, 15) is 8.42 Å². The molecule has 0 aromatic carbocycles. The van der Waals surface area contributed by atoms with Gasteiger partial charge < -0.3 is 9.67 Å². The fourth-order valence-electron chi connectivity index (χ4n) is 2.18. The first-order chi connectivity index (χ1) is 8.98. The molecule has 0 saturated carbocycles. The molecule has 1 aromatic rings. The number of thioether (sulfide) groups is 1. The van der Waals surface area contributed by atoms with Gasteiger partial charge in [0.05, 0.1) is 6.61 Å². The number of rotatable bonds is 4. The summed E-state index contributed by atoms with van der Waals surface area (Å²) in [5.41, 5.74) is 0.608. The maximum absolute atomic E-state index is 12.6. The Morgan fingerprint density at radius 3 is 2.84 bits per heavy atom. The smallest absolute Gasteiger partial charge is 0.244 e. The zero-order valence-corrected chi connectivity index (χ0v) is 12.9. The van der Waals surface area contributed by atoms with Gasteiger partial charge in [0.2, 0.25) is 10.0 Å². The van der Waals surface area contributed by atoms with Crippen molar-refractivity contribution in [2.75, 3.05) is 18.8 Å². The molecule has 1 N–H and O–H groups in total. The Bertz CT molecular complexity index is 539. The number of aliphatic hydroxyl groups excluding tert-OH is 1. The summed E-state index contributed by atoms with van der Waals surface area (Å²) in [6, 6.07) is 1.55. The van der Waals surface area contributed by atoms with E-state index in [1.54, 1.807) is 28.2 Å². The van der Waals surface area contributed by atoms with Crippen molar-refractivity contribution in [3.63, 3.8) is 0 Å². The highest BCUT2D eigenvalue weighted by molar-refractivity contribution is 8.00. The summed E-state index contributed by atoms with van der Waals surface area (Å²) in [4.78, 5) is 0.279. The number of sulfonamides is 1. The van der Waals surface area contributed by atoms with Crippen LogP contribution < -0.4 is 0 Å². The van der Waals surface area contributed by atoms with Gasteiger partial charge in [-0.2, -0.15) is 16.1 Å². The summed E-state index contributed by atoms with van der Waals surface area (Å²) in [6.45, 7) is 3.07. The fraction of sp³-hybridized carbons (Fsp3) is 0.667. The van der Waals surface area contributed by atoms with E-state index >= 15 is 0 Å². The first-order valence-corrected chi connectivity index (χ1v) is 8.85. The predicted molar refractivity (Wildman–Crippen MR) is 76.6 cm³/mol. The lowest BCUT2D eigenvalue weighted by molar-refractivity contribution is 0.272. The van der Waals surface area contributed by atoms with Gasteiger partial charge in [0.15, 0.2) is 0 Å². The van der Waals surface area contributed by atoms with Crippen LogP contribution in [-0.2, 0) is 23.7 Å². The quantitative estimate of drug-likeness (QED) is 0.902. The van der Waals surface area contributed by atoms with Crippen LogP contribution in [0.2, 0.25) is 0 Å². The predicted octanol–water partition coefficient (Wildman–Crippen LogP) is 1.03. The lowest BCUT2D eigenvalue weighted by atomic mass is 10.3. The Hall–Kier alpha value is -0.500. The van der Waals surface area contributed by atoms with Crippen molar-refractivity contribution in [3.05, 3.63) is 18.0 Å². The van der Waals surface area contributed by atoms with Gasteiger partial charge in [-0.05, 0) is 12.5 Å². The lowest BCUT2D eigenvalue weighted by Crippen LogP contribution is -2.41. The molecule has 2 rings (SSSR count). The summed E-state index contributed by atoms with van der Waals surface area (Å²) in [5.74, 6) is 0.845. The number of aliphatic hydroxyl groups is 1. The normalized spacial score (nSPS) is 21.7. The van der Waals surface area contributed by atoms with Crippen molar-refractivity contribution in [2.24, 2.45) is 7.05 Å². The molecule has 1 aliphatic rings. The highest BCUT2D eigenvalue weighted by atomic mass is 32.2. The summed E-state index contributed by atoms with van der Waals surface area (Å²) in [6.07, 6.45) is 2.55. The molecule has 0 aliphatic carbocycles. The standard InChI is InChI=1S/C12H20N2O3S2/c1-3-11-7-14(4-5-18-11)19(16,17)12-6-10(9-15)13(2)8-12/h6,8,11,15H,3-5,7,9H2,1-2H3. The van der Waals surface area contributed by atoms with Gasteiger partial charge in [-0.15, -0.1) is 0 Å². The SMILES string of the molecule is CCC1CN(S(=O)(=O)c2cc(CO)n(C)c2)CCS1. The monoisotopic (exact) mass is 304 g/mol. The molecule has 1 unspecified atom stereocenters. The molecule has 1 aromatic heterocycles. The number of hydrogen-bond acceptors (Lipinski definition) is 4. The van der Waals surface area contributed by atoms with Crippen molar-refractivity contribution >= 4 is 21.8 Å². The maximum Gasteiger partial charge on any atom is 0.244 e. The van der Waals surface area contributed by atoms with Crippen molar-refractivity contribution in [1.82, 2.24) is 8.87 Å². The second-order valence-corrected chi connectivity index (χ2v) is 8.05. The Kier molecular flexibility index (Phi) is 4.60. The molecule has 1 atom stereocenters. The van der Waals surface area contributed by atoms with Gasteiger partial charge in [-0.1, -0.05) is 6.92 Å². The van der Waals surface area contributed by atoms with E-state index in [1.165, 1.54) is 0 Å². The second kappa shape index (κ2) is 5.87. The van der Waals surface area contributed by atoms with Gasteiger partial charge >= 0.3 is 0 Å². The molecule has 0 bridgehead atoms. The minimum absolute atomic E-state index is 0.153.